The van der Waals surface area contributed by atoms with Crippen molar-refractivity contribution in [3.63, 3.8) is 0 Å². The van der Waals surface area contributed by atoms with Crippen molar-refractivity contribution in [2.24, 2.45) is 0 Å². The molecular formula is C16H22BrN3O4. The van der Waals surface area contributed by atoms with Crippen LogP contribution in [-0.2, 0) is 9.47 Å². The van der Waals surface area contributed by atoms with Crippen molar-refractivity contribution >= 4 is 33.8 Å². The zero-order valence-electron chi connectivity index (χ0n) is 14.3. The summed E-state index contributed by atoms with van der Waals surface area (Å²) in [5.74, 6) is 0.193. The first-order valence-corrected chi connectivity index (χ1v) is 8.48. The number of nitrogens with zero attached hydrogens (tertiary/aromatic N) is 3. The van der Waals surface area contributed by atoms with Crippen molar-refractivity contribution in [2.75, 3.05) is 38.2 Å². The Balaban J connectivity index is 2.02. The summed E-state index contributed by atoms with van der Waals surface area (Å²) in [4.78, 5) is 31.9. The van der Waals surface area contributed by atoms with E-state index >= 15 is 0 Å². The van der Waals surface area contributed by atoms with Crippen LogP contribution in [0.2, 0.25) is 0 Å². The molecule has 0 bridgehead atoms. The van der Waals surface area contributed by atoms with Crippen LogP contribution in [0.5, 0.6) is 0 Å². The average Bonchev–Trinajstić information content (AvgIpc) is 2.53. The molecular weight excluding hydrogens is 378 g/mol. The van der Waals surface area contributed by atoms with Crippen LogP contribution < -0.4 is 4.90 Å². The van der Waals surface area contributed by atoms with E-state index in [9.17, 15) is 9.59 Å². The Labute approximate surface area is 150 Å². The second-order valence-electron chi connectivity index (χ2n) is 6.45. The lowest BCUT2D eigenvalue weighted by atomic mass is 10.2. The van der Waals surface area contributed by atoms with Crippen LogP contribution in [0.1, 0.15) is 31.3 Å². The summed E-state index contributed by atoms with van der Waals surface area (Å²) in [6, 6.07) is 3.61. The van der Waals surface area contributed by atoms with Gasteiger partial charge in [-0.25, -0.2) is 14.6 Å². The number of carbonyl (C=O) groups is 2. The Morgan fingerprint density at radius 1 is 1.17 bits per heavy atom. The Hall–Kier alpha value is -1.83. The molecule has 24 heavy (non-hydrogen) atoms. The first-order valence-electron chi connectivity index (χ1n) is 7.69. The van der Waals surface area contributed by atoms with Gasteiger partial charge in [0.05, 0.1) is 11.6 Å². The molecule has 1 aliphatic heterocycles. The van der Waals surface area contributed by atoms with Gasteiger partial charge in [0.2, 0.25) is 0 Å². The highest BCUT2D eigenvalue weighted by Gasteiger charge is 2.26. The molecule has 2 rings (SSSR count). The topological polar surface area (TPSA) is 72.0 Å². The van der Waals surface area contributed by atoms with Crippen LogP contribution in [0.4, 0.5) is 10.6 Å². The van der Waals surface area contributed by atoms with Gasteiger partial charge in [-0.2, -0.15) is 0 Å². The third-order valence-corrected chi connectivity index (χ3v) is 4.11. The van der Waals surface area contributed by atoms with E-state index in [0.29, 0.717) is 36.5 Å². The van der Waals surface area contributed by atoms with E-state index in [0.717, 1.165) is 0 Å². The summed E-state index contributed by atoms with van der Waals surface area (Å²) in [6.45, 7) is 7.87. The van der Waals surface area contributed by atoms with Gasteiger partial charge >= 0.3 is 12.1 Å². The molecule has 1 aromatic rings. The molecule has 0 N–H and O–H groups in total. The van der Waals surface area contributed by atoms with Gasteiger partial charge in [0.15, 0.2) is 5.69 Å². The molecule has 0 spiro atoms. The zero-order valence-corrected chi connectivity index (χ0v) is 15.9. The molecule has 2 heterocycles. The molecule has 1 amide bonds. The number of amides is 1. The van der Waals surface area contributed by atoms with Gasteiger partial charge in [-0.1, -0.05) is 0 Å². The Morgan fingerprint density at radius 2 is 1.79 bits per heavy atom. The van der Waals surface area contributed by atoms with Gasteiger partial charge in [0.25, 0.3) is 0 Å². The van der Waals surface area contributed by atoms with Crippen LogP contribution in [0.25, 0.3) is 0 Å². The molecule has 0 atom stereocenters. The number of esters is 1. The molecule has 0 aliphatic carbocycles. The number of rotatable bonds is 2. The predicted octanol–water partition coefficient (Wildman–Crippen LogP) is 2.69. The Bertz CT molecular complexity index is 622. The van der Waals surface area contributed by atoms with Crippen LogP contribution in [-0.4, -0.2) is 60.8 Å². The second-order valence-corrected chi connectivity index (χ2v) is 7.30. The third-order valence-electron chi connectivity index (χ3n) is 3.47. The van der Waals surface area contributed by atoms with Crippen LogP contribution in [0.15, 0.2) is 16.6 Å². The normalized spacial score (nSPS) is 15.2. The molecule has 0 saturated carbocycles. The van der Waals surface area contributed by atoms with Gasteiger partial charge in [0.1, 0.15) is 11.4 Å². The van der Waals surface area contributed by atoms with Gasteiger partial charge in [-0.15, -0.1) is 0 Å². The standard InChI is InChI=1S/C16H22BrN3O4/c1-16(2,3)24-15(22)20-9-7-19(8-10-20)12-6-5-11(17)13(18-12)14(21)23-4/h5-6H,7-10H2,1-4H3. The van der Waals surface area contributed by atoms with Gasteiger partial charge in [-0.05, 0) is 48.8 Å². The summed E-state index contributed by atoms with van der Waals surface area (Å²) in [5, 5.41) is 0. The lowest BCUT2D eigenvalue weighted by Gasteiger charge is -2.36. The van der Waals surface area contributed by atoms with Crippen molar-refractivity contribution in [1.29, 1.82) is 0 Å². The lowest BCUT2D eigenvalue weighted by Crippen LogP contribution is -2.50. The van der Waals surface area contributed by atoms with E-state index in [-0.39, 0.29) is 11.8 Å². The zero-order chi connectivity index (χ0) is 17.9. The van der Waals surface area contributed by atoms with Gasteiger partial charge in [-0.3, -0.25) is 0 Å². The number of anilines is 1. The van der Waals surface area contributed by atoms with E-state index < -0.39 is 11.6 Å². The third kappa shape index (κ3) is 4.59. The van der Waals surface area contributed by atoms with E-state index in [1.807, 2.05) is 31.7 Å². The summed E-state index contributed by atoms with van der Waals surface area (Å²) in [6.07, 6.45) is -0.304. The number of piperazine rings is 1. The minimum atomic E-state index is -0.503. The number of hydrogen-bond donors (Lipinski definition) is 0. The van der Waals surface area contributed by atoms with E-state index in [4.69, 9.17) is 9.47 Å². The largest absolute Gasteiger partial charge is 0.464 e. The fourth-order valence-electron chi connectivity index (χ4n) is 2.29. The fraction of sp³-hybridized carbons (Fsp3) is 0.562. The minimum absolute atomic E-state index is 0.240. The molecule has 7 nitrogen and oxygen atoms in total. The van der Waals surface area contributed by atoms with Crippen LogP contribution in [0, 0.1) is 0 Å². The molecule has 132 valence electrons. The number of hydrogen-bond acceptors (Lipinski definition) is 6. The first-order chi connectivity index (χ1) is 11.2. The maximum Gasteiger partial charge on any atom is 0.410 e. The summed E-state index contributed by atoms with van der Waals surface area (Å²) >= 11 is 3.30. The van der Waals surface area contributed by atoms with Crippen molar-refractivity contribution < 1.29 is 19.1 Å². The molecule has 0 aromatic carbocycles. The molecule has 0 radical (unpaired) electrons. The summed E-state index contributed by atoms with van der Waals surface area (Å²) < 4.78 is 10.7. The highest BCUT2D eigenvalue weighted by molar-refractivity contribution is 9.10. The van der Waals surface area contributed by atoms with Crippen LogP contribution in [0.3, 0.4) is 0 Å². The van der Waals surface area contributed by atoms with E-state index in [1.165, 1.54) is 7.11 Å². The van der Waals surface area contributed by atoms with Crippen LogP contribution >= 0.6 is 15.9 Å². The maximum absolute atomic E-state index is 12.1. The van der Waals surface area contributed by atoms with Crippen molar-refractivity contribution in [3.05, 3.63) is 22.3 Å². The number of pyridine rings is 1. The number of halogens is 1. The number of ether oxygens (including phenoxy) is 2. The lowest BCUT2D eigenvalue weighted by molar-refractivity contribution is 0.0240. The van der Waals surface area contributed by atoms with Gasteiger partial charge in [0, 0.05) is 26.2 Å². The van der Waals surface area contributed by atoms with Crippen molar-refractivity contribution in [3.8, 4) is 0 Å². The highest BCUT2D eigenvalue weighted by atomic mass is 79.9. The predicted molar refractivity (Wildman–Crippen MR) is 93.3 cm³/mol. The molecule has 1 saturated heterocycles. The van der Waals surface area contributed by atoms with Gasteiger partial charge < -0.3 is 19.3 Å². The highest BCUT2D eigenvalue weighted by Crippen LogP contribution is 2.22. The minimum Gasteiger partial charge on any atom is -0.464 e. The molecule has 1 aromatic heterocycles. The maximum atomic E-state index is 12.1. The first kappa shape index (κ1) is 18.5. The molecule has 8 heteroatoms. The quantitative estimate of drug-likeness (QED) is 0.711. The van der Waals surface area contributed by atoms with E-state index in [1.54, 1.807) is 11.0 Å². The van der Waals surface area contributed by atoms with Crippen molar-refractivity contribution in [1.82, 2.24) is 9.88 Å². The van der Waals surface area contributed by atoms with Crippen molar-refractivity contribution in [2.45, 2.75) is 26.4 Å². The average molecular weight is 400 g/mol. The second kappa shape index (κ2) is 7.38. The number of carbonyl (C=O) groups excluding carboxylic acids is 2. The summed E-state index contributed by atoms with van der Waals surface area (Å²) in [5.41, 5.74) is -0.263. The number of aromatic nitrogens is 1. The molecule has 1 aliphatic rings. The van der Waals surface area contributed by atoms with E-state index in [2.05, 4.69) is 20.9 Å². The smallest absolute Gasteiger partial charge is 0.410 e. The number of methoxy groups -OCH3 is 1. The Morgan fingerprint density at radius 3 is 2.33 bits per heavy atom. The monoisotopic (exact) mass is 399 g/mol. The fourth-order valence-corrected chi connectivity index (χ4v) is 2.68. The summed E-state index contributed by atoms with van der Waals surface area (Å²) in [7, 11) is 1.32. The SMILES string of the molecule is COC(=O)c1nc(N2CCN(C(=O)OC(C)(C)C)CC2)ccc1Br. The molecule has 0 unspecified atom stereocenters. The molecule has 1 fully saturated rings. The Kier molecular flexibility index (Phi) is 5.69.